The Labute approximate surface area is 138 Å². The number of fused-ring (bicyclic) bond motifs is 1. The van der Waals surface area contributed by atoms with Crippen molar-refractivity contribution in [3.05, 3.63) is 65.7 Å². The molecule has 0 spiro atoms. The highest BCUT2D eigenvalue weighted by atomic mass is 127. The largest absolute Gasteiger partial charge is 1.00 e. The van der Waals surface area contributed by atoms with Gasteiger partial charge in [0.05, 0.1) is 5.41 Å². The van der Waals surface area contributed by atoms with Gasteiger partial charge in [-0.1, -0.05) is 48.5 Å². The Morgan fingerprint density at radius 2 is 1.50 bits per heavy atom. The van der Waals surface area contributed by atoms with Gasteiger partial charge in [-0.25, -0.2) is 0 Å². The fourth-order valence-corrected chi connectivity index (χ4v) is 2.92. The van der Waals surface area contributed by atoms with E-state index in [1.54, 1.807) is 0 Å². The summed E-state index contributed by atoms with van der Waals surface area (Å²) >= 11 is 0. The standard InChI is InChI=1S/C18H20N.HI/c1-14-18(2,3)16-11-7-8-12-17(16)19(14)13-15-9-5-4-6-10-15;/h4-12H,13H2,1-3H3;1H/q+1;/p-1. The summed E-state index contributed by atoms with van der Waals surface area (Å²) in [5.41, 5.74) is 5.70. The van der Waals surface area contributed by atoms with Crippen LogP contribution in [-0.2, 0) is 12.0 Å². The van der Waals surface area contributed by atoms with Gasteiger partial charge in [0.2, 0.25) is 5.69 Å². The van der Waals surface area contributed by atoms with Crippen LogP contribution in [0.3, 0.4) is 0 Å². The number of benzene rings is 2. The molecule has 0 aromatic heterocycles. The summed E-state index contributed by atoms with van der Waals surface area (Å²) in [6, 6.07) is 19.4. The molecule has 2 aromatic rings. The molecular weight excluding hydrogens is 357 g/mol. The van der Waals surface area contributed by atoms with E-state index in [1.165, 1.54) is 22.5 Å². The molecule has 0 amide bonds. The number of nitrogens with zero attached hydrogens (tertiary/aromatic N) is 1. The van der Waals surface area contributed by atoms with Crippen LogP contribution in [0.2, 0.25) is 0 Å². The van der Waals surface area contributed by atoms with Crippen LogP contribution in [0.25, 0.3) is 0 Å². The molecule has 1 aliphatic heterocycles. The predicted octanol–water partition coefficient (Wildman–Crippen LogP) is 1.29. The molecule has 2 heteroatoms. The van der Waals surface area contributed by atoms with Crippen LogP contribution >= 0.6 is 0 Å². The second kappa shape index (κ2) is 5.68. The van der Waals surface area contributed by atoms with E-state index in [0.717, 1.165) is 6.54 Å². The van der Waals surface area contributed by atoms with Gasteiger partial charge in [-0.3, -0.25) is 0 Å². The van der Waals surface area contributed by atoms with Crippen molar-refractivity contribution in [2.24, 2.45) is 0 Å². The maximum Gasteiger partial charge on any atom is 0.209 e. The minimum atomic E-state index is 0. The van der Waals surface area contributed by atoms with Gasteiger partial charge in [-0.15, -0.1) is 0 Å². The van der Waals surface area contributed by atoms with E-state index in [9.17, 15) is 0 Å². The molecule has 0 unspecified atom stereocenters. The fourth-order valence-electron chi connectivity index (χ4n) is 2.92. The fraction of sp³-hybridized carbons (Fsp3) is 0.278. The molecule has 0 fully saturated rings. The first-order chi connectivity index (χ1) is 9.10. The molecule has 0 radical (unpaired) electrons. The molecule has 0 atom stereocenters. The van der Waals surface area contributed by atoms with Crippen molar-refractivity contribution < 1.29 is 28.6 Å². The molecule has 0 saturated carbocycles. The lowest BCUT2D eigenvalue weighted by atomic mass is 9.82. The number of halogens is 1. The molecule has 104 valence electrons. The van der Waals surface area contributed by atoms with Crippen molar-refractivity contribution in [3.8, 4) is 0 Å². The Morgan fingerprint density at radius 3 is 2.20 bits per heavy atom. The van der Waals surface area contributed by atoms with Crippen LogP contribution in [0.5, 0.6) is 0 Å². The zero-order valence-corrected chi connectivity index (χ0v) is 14.4. The van der Waals surface area contributed by atoms with Gasteiger partial charge in [0, 0.05) is 24.1 Å². The van der Waals surface area contributed by atoms with Crippen LogP contribution in [0, 0.1) is 0 Å². The van der Waals surface area contributed by atoms with Crippen LogP contribution in [0.1, 0.15) is 31.9 Å². The monoisotopic (exact) mass is 377 g/mol. The summed E-state index contributed by atoms with van der Waals surface area (Å²) in [6.45, 7) is 7.83. The summed E-state index contributed by atoms with van der Waals surface area (Å²) in [7, 11) is 0. The minimum absolute atomic E-state index is 0. The Bertz CT molecular complexity index is 641. The van der Waals surface area contributed by atoms with Gasteiger partial charge in [0.15, 0.2) is 12.3 Å². The average Bonchev–Trinajstić information content (AvgIpc) is 2.62. The maximum atomic E-state index is 2.45. The normalized spacial score (nSPS) is 15.8. The van der Waals surface area contributed by atoms with Crippen molar-refractivity contribution in [2.45, 2.75) is 32.7 Å². The van der Waals surface area contributed by atoms with Gasteiger partial charge < -0.3 is 24.0 Å². The Hall–Kier alpha value is -1.16. The predicted molar refractivity (Wildman–Crippen MR) is 80.2 cm³/mol. The number of rotatable bonds is 2. The third-order valence-corrected chi connectivity index (χ3v) is 4.36. The van der Waals surface area contributed by atoms with Crippen molar-refractivity contribution in [1.29, 1.82) is 0 Å². The van der Waals surface area contributed by atoms with Gasteiger partial charge in [-0.05, 0) is 13.8 Å². The van der Waals surface area contributed by atoms with E-state index >= 15 is 0 Å². The topological polar surface area (TPSA) is 3.01 Å². The van der Waals surface area contributed by atoms with Gasteiger partial charge >= 0.3 is 0 Å². The smallest absolute Gasteiger partial charge is 0.209 e. The summed E-state index contributed by atoms with van der Waals surface area (Å²) in [5.74, 6) is 0. The lowest BCUT2D eigenvalue weighted by Gasteiger charge is -2.14. The molecule has 2 aromatic carbocycles. The molecular formula is C18H20IN. The first-order valence-corrected chi connectivity index (χ1v) is 6.86. The van der Waals surface area contributed by atoms with Crippen LogP contribution < -0.4 is 24.0 Å². The summed E-state index contributed by atoms with van der Waals surface area (Å²) in [5, 5.41) is 0. The van der Waals surface area contributed by atoms with Crippen LogP contribution in [-0.4, -0.2) is 10.3 Å². The summed E-state index contributed by atoms with van der Waals surface area (Å²) < 4.78 is 2.45. The van der Waals surface area contributed by atoms with E-state index in [2.05, 4.69) is 79.9 Å². The SMILES string of the molecule is CC1=[N+](Cc2ccccc2)c2ccccc2C1(C)C.[I-]. The lowest BCUT2D eigenvalue weighted by Crippen LogP contribution is -3.00. The molecule has 1 aliphatic rings. The molecule has 1 heterocycles. The van der Waals surface area contributed by atoms with Crippen molar-refractivity contribution in [2.75, 3.05) is 0 Å². The van der Waals surface area contributed by atoms with Crippen molar-refractivity contribution in [3.63, 3.8) is 0 Å². The molecule has 0 saturated heterocycles. The first kappa shape index (κ1) is 15.2. The summed E-state index contributed by atoms with van der Waals surface area (Å²) in [4.78, 5) is 0. The van der Waals surface area contributed by atoms with Crippen LogP contribution in [0.15, 0.2) is 54.6 Å². The zero-order valence-electron chi connectivity index (χ0n) is 12.2. The first-order valence-electron chi connectivity index (χ1n) is 6.86. The Kier molecular flexibility index (Phi) is 4.33. The molecule has 20 heavy (non-hydrogen) atoms. The minimum Gasteiger partial charge on any atom is -1.00 e. The second-order valence-electron chi connectivity index (χ2n) is 5.80. The molecule has 0 N–H and O–H groups in total. The van der Waals surface area contributed by atoms with E-state index < -0.39 is 0 Å². The lowest BCUT2D eigenvalue weighted by molar-refractivity contribution is -0.456. The zero-order chi connectivity index (χ0) is 13.5. The van der Waals surface area contributed by atoms with Crippen LogP contribution in [0.4, 0.5) is 5.69 Å². The van der Waals surface area contributed by atoms with Gasteiger partial charge in [0.1, 0.15) is 0 Å². The van der Waals surface area contributed by atoms with Crippen molar-refractivity contribution in [1.82, 2.24) is 0 Å². The molecule has 3 rings (SSSR count). The van der Waals surface area contributed by atoms with Gasteiger partial charge in [-0.2, -0.15) is 4.58 Å². The molecule has 0 bridgehead atoms. The number of hydrogen-bond acceptors (Lipinski definition) is 0. The highest BCUT2D eigenvalue weighted by Gasteiger charge is 2.42. The number of para-hydroxylation sites is 1. The third kappa shape index (κ3) is 2.41. The molecule has 0 aliphatic carbocycles. The molecule has 1 nitrogen and oxygen atoms in total. The highest BCUT2D eigenvalue weighted by molar-refractivity contribution is 5.93. The second-order valence-corrected chi connectivity index (χ2v) is 5.80. The highest BCUT2D eigenvalue weighted by Crippen LogP contribution is 2.39. The maximum absolute atomic E-state index is 2.45. The van der Waals surface area contributed by atoms with E-state index in [4.69, 9.17) is 0 Å². The quantitative estimate of drug-likeness (QED) is 0.548. The Balaban J connectivity index is 0.00000147. The third-order valence-electron chi connectivity index (χ3n) is 4.36. The van der Waals surface area contributed by atoms with E-state index in [0.29, 0.717) is 0 Å². The average molecular weight is 377 g/mol. The Morgan fingerprint density at radius 1 is 0.900 bits per heavy atom. The van der Waals surface area contributed by atoms with E-state index in [-0.39, 0.29) is 29.4 Å². The number of hydrogen-bond donors (Lipinski definition) is 0. The van der Waals surface area contributed by atoms with Crippen molar-refractivity contribution >= 4 is 11.4 Å². The summed E-state index contributed by atoms with van der Waals surface area (Å²) in [6.07, 6.45) is 0. The van der Waals surface area contributed by atoms with E-state index in [1.807, 2.05) is 0 Å². The van der Waals surface area contributed by atoms with Gasteiger partial charge in [0.25, 0.3) is 0 Å².